The van der Waals surface area contributed by atoms with Gasteiger partial charge in [-0.25, -0.2) is 0 Å². The Hall–Kier alpha value is -2.18. The topological polar surface area (TPSA) is 43.9 Å². The predicted octanol–water partition coefficient (Wildman–Crippen LogP) is 3.26. The van der Waals surface area contributed by atoms with Gasteiger partial charge in [0.15, 0.2) is 0 Å². The number of aryl methyl sites for hydroxylation is 1. The van der Waals surface area contributed by atoms with Crippen LogP contribution in [-0.2, 0) is 11.2 Å². The first-order valence-corrected chi connectivity index (χ1v) is 10.9. The van der Waals surface area contributed by atoms with E-state index in [9.17, 15) is 9.59 Å². The molecule has 4 rings (SSSR count). The molecule has 1 aromatic heterocycles. The molecule has 0 radical (unpaired) electrons. The van der Waals surface area contributed by atoms with Crippen molar-refractivity contribution in [2.24, 2.45) is 0 Å². The SMILES string of the molecule is CCCc1ccc(C(=O)N2CCC3(C2)CN(c2ccsc2)C(=O)CN3C)cc1. The largest absolute Gasteiger partial charge is 0.337 e. The lowest BCUT2D eigenvalue weighted by atomic mass is 9.93. The van der Waals surface area contributed by atoms with Crippen LogP contribution < -0.4 is 4.90 Å². The van der Waals surface area contributed by atoms with Gasteiger partial charge in [-0.05, 0) is 49.0 Å². The molecule has 1 atom stereocenters. The number of hydrogen-bond donors (Lipinski definition) is 0. The normalized spacial score (nSPS) is 23.0. The van der Waals surface area contributed by atoms with Gasteiger partial charge in [0, 0.05) is 30.6 Å². The number of carbonyl (C=O) groups is 2. The van der Waals surface area contributed by atoms with Gasteiger partial charge in [-0.1, -0.05) is 25.5 Å². The van der Waals surface area contributed by atoms with Gasteiger partial charge in [0.05, 0.1) is 17.8 Å². The molecule has 28 heavy (non-hydrogen) atoms. The highest BCUT2D eigenvalue weighted by Gasteiger charge is 2.48. The van der Waals surface area contributed by atoms with Crippen LogP contribution in [0.3, 0.4) is 0 Å². The summed E-state index contributed by atoms with van der Waals surface area (Å²) in [5.41, 5.74) is 2.82. The van der Waals surface area contributed by atoms with Gasteiger partial charge in [-0.2, -0.15) is 11.3 Å². The number of thiophene rings is 1. The van der Waals surface area contributed by atoms with Crippen molar-refractivity contribution >= 4 is 28.8 Å². The van der Waals surface area contributed by atoms with Crippen LogP contribution in [-0.4, -0.2) is 60.4 Å². The predicted molar refractivity (Wildman–Crippen MR) is 113 cm³/mol. The van der Waals surface area contributed by atoms with Crippen LogP contribution in [0.15, 0.2) is 41.1 Å². The minimum atomic E-state index is -0.173. The first-order chi connectivity index (χ1) is 13.5. The van der Waals surface area contributed by atoms with Crippen LogP contribution in [0.4, 0.5) is 5.69 Å². The number of likely N-dealkylation sites (tertiary alicyclic amines) is 1. The number of benzene rings is 1. The molecular weight excluding hydrogens is 370 g/mol. The molecule has 1 unspecified atom stereocenters. The molecular formula is C22H27N3O2S. The number of rotatable bonds is 4. The Morgan fingerprint density at radius 2 is 1.96 bits per heavy atom. The standard InChI is InChI=1S/C22H27N3O2S/c1-3-4-17-5-7-18(8-6-17)21(27)24-11-10-22(15-24)16-25(19-9-12-28-14-19)20(26)13-23(22)2/h5-9,12,14H,3-4,10-11,13,15-16H2,1-2H3. The van der Waals surface area contributed by atoms with Crippen LogP contribution in [0, 0.1) is 0 Å². The molecule has 1 aromatic carbocycles. The van der Waals surface area contributed by atoms with E-state index in [4.69, 9.17) is 0 Å². The zero-order valence-corrected chi connectivity index (χ0v) is 17.4. The highest BCUT2D eigenvalue weighted by molar-refractivity contribution is 7.08. The summed E-state index contributed by atoms with van der Waals surface area (Å²) in [5.74, 6) is 0.218. The Morgan fingerprint density at radius 1 is 1.18 bits per heavy atom. The fourth-order valence-electron chi connectivity index (χ4n) is 4.36. The van der Waals surface area contributed by atoms with Crippen molar-refractivity contribution < 1.29 is 9.59 Å². The average molecular weight is 398 g/mol. The lowest BCUT2D eigenvalue weighted by molar-refractivity contribution is -0.123. The van der Waals surface area contributed by atoms with Crippen molar-refractivity contribution in [2.45, 2.75) is 31.7 Å². The van der Waals surface area contributed by atoms with Crippen LogP contribution in [0.1, 0.15) is 35.7 Å². The number of likely N-dealkylation sites (N-methyl/N-ethyl adjacent to an activating group) is 1. The van der Waals surface area contributed by atoms with Gasteiger partial charge in [-0.3, -0.25) is 14.5 Å². The van der Waals surface area contributed by atoms with E-state index in [0.29, 0.717) is 19.6 Å². The third-order valence-corrected chi connectivity index (χ3v) is 6.78. The van der Waals surface area contributed by atoms with Crippen molar-refractivity contribution in [1.82, 2.24) is 9.80 Å². The summed E-state index contributed by atoms with van der Waals surface area (Å²) in [6.45, 7) is 4.58. The molecule has 2 amide bonds. The summed E-state index contributed by atoms with van der Waals surface area (Å²) in [6.07, 6.45) is 3.03. The van der Waals surface area contributed by atoms with Crippen molar-refractivity contribution in [3.63, 3.8) is 0 Å². The molecule has 6 heteroatoms. The summed E-state index contributed by atoms with van der Waals surface area (Å²) < 4.78 is 0. The molecule has 0 N–H and O–H groups in total. The second-order valence-corrected chi connectivity index (χ2v) is 8.75. The maximum Gasteiger partial charge on any atom is 0.253 e. The van der Waals surface area contributed by atoms with E-state index < -0.39 is 0 Å². The van der Waals surface area contributed by atoms with E-state index in [1.54, 1.807) is 11.3 Å². The fourth-order valence-corrected chi connectivity index (χ4v) is 5.00. The first-order valence-electron chi connectivity index (χ1n) is 9.94. The second-order valence-electron chi connectivity index (χ2n) is 7.97. The lowest BCUT2D eigenvalue weighted by Crippen LogP contribution is -2.64. The monoisotopic (exact) mass is 397 g/mol. The molecule has 1 spiro atoms. The highest BCUT2D eigenvalue weighted by atomic mass is 32.1. The molecule has 148 valence electrons. The quantitative estimate of drug-likeness (QED) is 0.795. The third kappa shape index (κ3) is 3.47. The van der Waals surface area contributed by atoms with Gasteiger partial charge < -0.3 is 9.80 Å². The van der Waals surface area contributed by atoms with E-state index >= 15 is 0 Å². The van der Waals surface area contributed by atoms with E-state index in [-0.39, 0.29) is 17.4 Å². The Labute approximate surface area is 170 Å². The van der Waals surface area contributed by atoms with Crippen LogP contribution in [0.2, 0.25) is 0 Å². The summed E-state index contributed by atoms with van der Waals surface area (Å²) in [5, 5.41) is 4.02. The van der Waals surface area contributed by atoms with E-state index in [1.807, 2.05) is 45.8 Å². The molecule has 3 heterocycles. The van der Waals surface area contributed by atoms with Gasteiger partial charge in [0.25, 0.3) is 5.91 Å². The maximum atomic E-state index is 13.1. The summed E-state index contributed by atoms with van der Waals surface area (Å²) >= 11 is 1.60. The fraction of sp³-hybridized carbons (Fsp3) is 0.455. The number of carbonyl (C=O) groups excluding carboxylic acids is 2. The van der Waals surface area contributed by atoms with Gasteiger partial charge >= 0.3 is 0 Å². The van der Waals surface area contributed by atoms with Crippen molar-refractivity contribution in [2.75, 3.05) is 38.1 Å². The van der Waals surface area contributed by atoms with Crippen LogP contribution in [0.5, 0.6) is 0 Å². The van der Waals surface area contributed by atoms with Gasteiger partial charge in [0.2, 0.25) is 5.91 Å². The molecule has 2 fully saturated rings. The van der Waals surface area contributed by atoms with E-state index in [2.05, 4.69) is 24.0 Å². The number of piperazine rings is 1. The zero-order chi connectivity index (χ0) is 19.7. The van der Waals surface area contributed by atoms with Crippen LogP contribution in [0.25, 0.3) is 0 Å². The second kappa shape index (κ2) is 7.68. The Bertz CT molecular complexity index is 849. The smallest absolute Gasteiger partial charge is 0.253 e. The first kappa shape index (κ1) is 19.2. The number of nitrogens with zero attached hydrogens (tertiary/aromatic N) is 3. The average Bonchev–Trinajstić information content (AvgIpc) is 3.36. The van der Waals surface area contributed by atoms with Crippen LogP contribution >= 0.6 is 11.3 Å². The van der Waals surface area contributed by atoms with Crippen molar-refractivity contribution in [3.05, 3.63) is 52.2 Å². The molecule has 5 nitrogen and oxygen atoms in total. The Kier molecular flexibility index (Phi) is 5.25. The summed E-state index contributed by atoms with van der Waals surface area (Å²) in [4.78, 5) is 31.6. The zero-order valence-electron chi connectivity index (χ0n) is 16.6. The van der Waals surface area contributed by atoms with Gasteiger partial charge in [0.1, 0.15) is 0 Å². The number of amides is 2. The maximum absolute atomic E-state index is 13.1. The summed E-state index contributed by atoms with van der Waals surface area (Å²) in [7, 11) is 2.01. The molecule has 2 aromatic rings. The highest BCUT2D eigenvalue weighted by Crippen LogP contribution is 2.34. The number of hydrogen-bond acceptors (Lipinski definition) is 4. The third-order valence-electron chi connectivity index (χ3n) is 6.11. The lowest BCUT2D eigenvalue weighted by Gasteiger charge is -2.46. The van der Waals surface area contributed by atoms with Crippen molar-refractivity contribution in [1.29, 1.82) is 0 Å². The summed E-state index contributed by atoms with van der Waals surface area (Å²) in [6, 6.07) is 10.0. The van der Waals surface area contributed by atoms with E-state index in [0.717, 1.165) is 37.1 Å². The molecule has 2 saturated heterocycles. The Morgan fingerprint density at radius 3 is 2.64 bits per heavy atom. The minimum absolute atomic E-state index is 0.0901. The molecule has 0 saturated carbocycles. The molecule has 2 aliphatic rings. The van der Waals surface area contributed by atoms with Crippen molar-refractivity contribution in [3.8, 4) is 0 Å². The molecule has 0 aliphatic carbocycles. The molecule has 2 aliphatic heterocycles. The van der Waals surface area contributed by atoms with E-state index in [1.165, 1.54) is 5.56 Å². The Balaban J connectivity index is 1.50. The number of anilines is 1. The minimum Gasteiger partial charge on any atom is -0.337 e. The van der Waals surface area contributed by atoms with Gasteiger partial charge in [-0.15, -0.1) is 0 Å². The molecule has 0 bridgehead atoms.